The molecular formula is C41H55Cl2FN4O5S. The Kier molecular flexibility index (Phi) is 13.7. The minimum absolute atomic E-state index is 0.0130. The molecule has 0 spiro atoms. The summed E-state index contributed by atoms with van der Waals surface area (Å²) in [7, 11) is -3.94. The fourth-order valence-electron chi connectivity index (χ4n) is 8.32. The van der Waals surface area contributed by atoms with Gasteiger partial charge in [0.2, 0.25) is 16.4 Å². The fourth-order valence-corrected chi connectivity index (χ4v) is 10.2. The number of carbonyl (C=O) groups is 1. The molecule has 2 N–H and O–H groups in total. The molecule has 6 rings (SSSR count). The molecule has 3 aliphatic rings. The van der Waals surface area contributed by atoms with Crippen molar-refractivity contribution < 1.29 is 26.9 Å². The highest BCUT2D eigenvalue weighted by Crippen LogP contribution is 2.48. The van der Waals surface area contributed by atoms with Crippen LogP contribution in [0.2, 0.25) is 10.0 Å². The SMILES string of the molecule is CCC(N)(CC)CCCCCCCCCCS(=O)(=O)N(C=O)c1ccc(N2C[C@@H]3C[C@H]2C[C@H]3OCc2c(-c3c(Cl)cccc3Cl)noc2C2CC2)c(F)c1. The summed E-state index contributed by atoms with van der Waals surface area (Å²) in [4.78, 5) is 14.1. The van der Waals surface area contributed by atoms with Crippen LogP contribution in [0.4, 0.5) is 15.8 Å². The topological polar surface area (TPSA) is 119 Å². The Labute approximate surface area is 330 Å². The molecule has 1 amide bonds. The number of amides is 1. The number of hydrogen-bond donors (Lipinski definition) is 1. The lowest BCUT2D eigenvalue weighted by Gasteiger charge is -2.33. The van der Waals surface area contributed by atoms with Crippen molar-refractivity contribution in [2.75, 3.05) is 21.5 Å². The molecule has 13 heteroatoms. The van der Waals surface area contributed by atoms with E-state index in [-0.39, 0.29) is 41.5 Å². The van der Waals surface area contributed by atoms with Gasteiger partial charge in [-0.25, -0.2) is 17.1 Å². The van der Waals surface area contributed by atoms with Crippen molar-refractivity contribution in [3.05, 3.63) is 63.6 Å². The highest BCUT2D eigenvalue weighted by atomic mass is 35.5. The first-order valence-corrected chi connectivity index (χ1v) is 22.2. The predicted molar refractivity (Wildman–Crippen MR) is 214 cm³/mol. The first kappa shape index (κ1) is 40.9. The smallest absolute Gasteiger partial charge is 0.241 e. The lowest BCUT2D eigenvalue weighted by atomic mass is 9.88. The second-order valence-corrected chi connectivity index (χ2v) is 18.4. The minimum Gasteiger partial charge on any atom is -0.373 e. The zero-order valence-corrected chi connectivity index (χ0v) is 33.9. The largest absolute Gasteiger partial charge is 0.373 e. The van der Waals surface area contributed by atoms with Crippen molar-refractivity contribution in [3.63, 3.8) is 0 Å². The first-order valence-electron chi connectivity index (χ1n) is 19.9. The fraction of sp³-hybridized carbons (Fsp3) is 0.610. The number of anilines is 2. The highest BCUT2D eigenvalue weighted by molar-refractivity contribution is 7.93. The van der Waals surface area contributed by atoms with Crippen molar-refractivity contribution >= 4 is 51.0 Å². The van der Waals surface area contributed by atoms with Crippen LogP contribution in [0, 0.1) is 11.7 Å². The zero-order valence-electron chi connectivity index (χ0n) is 31.6. The van der Waals surface area contributed by atoms with Crippen LogP contribution in [0.3, 0.4) is 0 Å². The molecule has 2 bridgehead atoms. The molecule has 54 heavy (non-hydrogen) atoms. The van der Waals surface area contributed by atoms with Crippen LogP contribution in [0.1, 0.15) is 127 Å². The Bertz CT molecular complexity index is 1830. The minimum atomic E-state index is -3.94. The summed E-state index contributed by atoms with van der Waals surface area (Å²) >= 11 is 13.1. The van der Waals surface area contributed by atoms with Gasteiger partial charge in [0.1, 0.15) is 17.3 Å². The molecule has 9 nitrogen and oxygen atoms in total. The summed E-state index contributed by atoms with van der Waals surface area (Å²) in [5, 5.41) is 5.37. The maximum absolute atomic E-state index is 15.7. The number of unbranched alkanes of at least 4 members (excludes halogenated alkanes) is 7. The Morgan fingerprint density at radius 3 is 2.28 bits per heavy atom. The van der Waals surface area contributed by atoms with Gasteiger partial charge in [0.05, 0.1) is 39.9 Å². The number of sulfonamides is 1. The van der Waals surface area contributed by atoms with E-state index in [4.69, 9.17) is 38.2 Å². The van der Waals surface area contributed by atoms with Crippen LogP contribution >= 0.6 is 23.2 Å². The Morgan fingerprint density at radius 1 is 1.02 bits per heavy atom. The number of nitrogens with two attached hydrogens (primary N) is 1. The van der Waals surface area contributed by atoms with Gasteiger partial charge in [0.25, 0.3) is 0 Å². The van der Waals surface area contributed by atoms with Crippen molar-refractivity contribution in [2.24, 2.45) is 11.7 Å². The number of ether oxygens (including phenoxy) is 1. The van der Waals surface area contributed by atoms with Gasteiger partial charge in [-0.1, -0.05) is 93.2 Å². The van der Waals surface area contributed by atoms with Gasteiger partial charge in [-0.3, -0.25) is 4.79 Å². The number of carbonyl (C=O) groups excluding carboxylic acids is 1. The number of benzene rings is 2. The Morgan fingerprint density at radius 2 is 1.69 bits per heavy atom. The normalized spacial score (nSPS) is 19.9. The molecule has 1 aliphatic heterocycles. The van der Waals surface area contributed by atoms with Crippen LogP contribution in [-0.4, -0.2) is 50.0 Å². The summed E-state index contributed by atoms with van der Waals surface area (Å²) in [6.07, 6.45) is 14.8. The van der Waals surface area contributed by atoms with E-state index in [2.05, 4.69) is 19.0 Å². The molecular weight excluding hydrogens is 750 g/mol. The maximum Gasteiger partial charge on any atom is 0.241 e. The molecule has 2 saturated carbocycles. The summed E-state index contributed by atoms with van der Waals surface area (Å²) in [6.45, 7) is 5.22. The van der Waals surface area contributed by atoms with E-state index in [1.165, 1.54) is 12.5 Å². The third-order valence-corrected chi connectivity index (χ3v) is 14.3. The van der Waals surface area contributed by atoms with Crippen LogP contribution in [-0.2, 0) is 26.2 Å². The zero-order chi connectivity index (χ0) is 38.5. The molecule has 2 heterocycles. The summed E-state index contributed by atoms with van der Waals surface area (Å²) in [5.41, 5.74) is 8.90. The molecule has 1 aromatic heterocycles. The molecule has 1 saturated heterocycles. The predicted octanol–water partition coefficient (Wildman–Crippen LogP) is 10.2. The van der Waals surface area contributed by atoms with Gasteiger partial charge < -0.3 is 19.9 Å². The average Bonchev–Trinajstić information content (AvgIpc) is 3.60. The summed E-state index contributed by atoms with van der Waals surface area (Å²) in [6, 6.07) is 9.69. The molecule has 3 aromatic rings. The molecule has 0 radical (unpaired) electrons. The molecule has 0 unspecified atom stereocenters. The van der Waals surface area contributed by atoms with E-state index in [9.17, 15) is 13.2 Å². The summed E-state index contributed by atoms with van der Waals surface area (Å²) < 4.78 is 55.0. The second kappa shape index (κ2) is 18.0. The third kappa shape index (κ3) is 9.45. The number of nitrogens with zero attached hydrogens (tertiary/aromatic N) is 3. The van der Waals surface area contributed by atoms with Crippen LogP contribution in [0.25, 0.3) is 11.3 Å². The average molecular weight is 806 g/mol. The van der Waals surface area contributed by atoms with Crippen molar-refractivity contribution in [1.82, 2.24) is 5.16 Å². The molecule has 296 valence electrons. The number of piperidine rings is 1. The van der Waals surface area contributed by atoms with Gasteiger partial charge in [-0.15, -0.1) is 0 Å². The van der Waals surface area contributed by atoms with Crippen molar-refractivity contribution in [2.45, 2.75) is 140 Å². The van der Waals surface area contributed by atoms with Gasteiger partial charge >= 0.3 is 0 Å². The highest BCUT2D eigenvalue weighted by Gasteiger charge is 2.46. The van der Waals surface area contributed by atoms with Gasteiger partial charge in [0, 0.05) is 47.2 Å². The molecule has 2 aromatic carbocycles. The number of hydrogen-bond acceptors (Lipinski definition) is 8. The number of aromatic nitrogens is 1. The Balaban J connectivity index is 0.974. The number of fused-ring (bicyclic) bond motifs is 2. The quantitative estimate of drug-likeness (QED) is 0.0788. The monoisotopic (exact) mass is 804 g/mol. The van der Waals surface area contributed by atoms with E-state index < -0.39 is 15.8 Å². The molecule has 3 atom stereocenters. The van der Waals surface area contributed by atoms with Crippen LogP contribution in [0.5, 0.6) is 0 Å². The molecule has 3 fully saturated rings. The Hall–Kier alpha value is -2.70. The van der Waals surface area contributed by atoms with Gasteiger partial charge in [0.15, 0.2) is 0 Å². The van der Waals surface area contributed by atoms with E-state index >= 15 is 4.39 Å². The van der Waals surface area contributed by atoms with Crippen molar-refractivity contribution in [1.29, 1.82) is 0 Å². The second-order valence-electron chi connectivity index (χ2n) is 15.6. The first-order chi connectivity index (χ1) is 26.0. The molecule has 2 aliphatic carbocycles. The summed E-state index contributed by atoms with van der Waals surface area (Å²) in [5.74, 6) is 0.617. The lowest BCUT2D eigenvalue weighted by molar-refractivity contribution is -0.106. The van der Waals surface area contributed by atoms with Gasteiger partial charge in [-0.2, -0.15) is 0 Å². The van der Waals surface area contributed by atoms with E-state index in [0.29, 0.717) is 56.8 Å². The van der Waals surface area contributed by atoms with E-state index in [0.717, 1.165) is 101 Å². The number of halogens is 3. The third-order valence-electron chi connectivity index (χ3n) is 12.0. The van der Waals surface area contributed by atoms with Crippen molar-refractivity contribution in [3.8, 4) is 11.3 Å². The van der Waals surface area contributed by atoms with Crippen LogP contribution in [0.15, 0.2) is 40.9 Å². The van der Waals surface area contributed by atoms with E-state index in [1.807, 2.05) is 4.90 Å². The van der Waals surface area contributed by atoms with Gasteiger partial charge in [-0.05, 0) is 75.6 Å². The lowest BCUT2D eigenvalue weighted by Crippen LogP contribution is -2.39. The standard InChI is InChI=1S/C41H55Cl2FN4O5S/c1-3-41(45,4-2)20-11-9-7-5-6-8-10-12-21-54(50,51)48(27-49)30-18-19-36(35(44)23-30)47-25-29-22-31(47)24-37(29)52-26-32-39(46-53-40(32)28-16-17-28)38-33(42)14-13-15-34(38)43/h13-15,18-19,23,27-29,31,37H,3-12,16-17,20-22,24-26,45H2,1-2H3/t29-,31-,37+/m0/s1. The number of rotatable bonds is 22. The maximum atomic E-state index is 15.7. The van der Waals surface area contributed by atoms with Crippen LogP contribution < -0.4 is 14.9 Å². The van der Waals surface area contributed by atoms with E-state index in [1.54, 1.807) is 24.3 Å².